The maximum absolute atomic E-state index is 12.0. The first kappa shape index (κ1) is 19.4. The zero-order valence-electron chi connectivity index (χ0n) is 14.6. The van der Waals surface area contributed by atoms with Gasteiger partial charge in [0.15, 0.2) is 0 Å². The number of hydrogen-bond donors (Lipinski definition) is 3. The molecule has 0 radical (unpaired) electrons. The molecule has 4 N–H and O–H groups in total. The zero-order chi connectivity index (χ0) is 17.6. The van der Waals surface area contributed by atoms with Gasteiger partial charge in [0, 0.05) is 26.1 Å². The number of nitrogens with one attached hydrogen (secondary N) is 2. The number of nitrogens with two attached hydrogens (primary N) is 1. The molecule has 1 aliphatic carbocycles. The second-order valence-electron chi connectivity index (χ2n) is 6.85. The van der Waals surface area contributed by atoms with E-state index in [9.17, 15) is 14.4 Å². The largest absolute Gasteiger partial charge is 0.352 e. The second-order valence-corrected chi connectivity index (χ2v) is 6.85. The first-order valence-corrected chi connectivity index (χ1v) is 8.26. The monoisotopic (exact) mass is 326 g/mol. The third-order valence-corrected chi connectivity index (χ3v) is 4.27. The molecule has 23 heavy (non-hydrogen) atoms. The molecule has 7 heteroatoms. The van der Waals surface area contributed by atoms with Gasteiger partial charge in [-0.3, -0.25) is 14.4 Å². The van der Waals surface area contributed by atoms with E-state index in [0.717, 1.165) is 19.3 Å². The van der Waals surface area contributed by atoms with Gasteiger partial charge < -0.3 is 21.3 Å². The number of carbonyl (C=O) groups excluding carboxylic acids is 3. The number of amides is 3. The highest BCUT2D eigenvalue weighted by Gasteiger charge is 2.29. The summed E-state index contributed by atoms with van der Waals surface area (Å²) in [7, 11) is 3.50. The molecule has 0 aromatic heterocycles. The van der Waals surface area contributed by atoms with Gasteiger partial charge in [-0.25, -0.2) is 0 Å². The average Bonchev–Trinajstić information content (AvgIpc) is 2.51. The van der Waals surface area contributed by atoms with E-state index in [1.807, 2.05) is 13.8 Å². The third kappa shape index (κ3) is 6.17. The highest BCUT2D eigenvalue weighted by atomic mass is 16.2. The van der Waals surface area contributed by atoms with Crippen molar-refractivity contribution in [1.29, 1.82) is 0 Å². The number of hydrogen-bond acceptors (Lipinski definition) is 4. The Balaban J connectivity index is 2.39. The Kier molecular flexibility index (Phi) is 7.48. The van der Waals surface area contributed by atoms with Crippen LogP contribution >= 0.6 is 0 Å². The quantitative estimate of drug-likeness (QED) is 0.631. The molecule has 0 aromatic rings. The Morgan fingerprint density at radius 1 is 1.22 bits per heavy atom. The fraction of sp³-hybridized carbons (Fsp3) is 0.812. The summed E-state index contributed by atoms with van der Waals surface area (Å²) in [6, 6.07) is -0.625. The van der Waals surface area contributed by atoms with Crippen LogP contribution in [0.2, 0.25) is 0 Å². The molecule has 0 heterocycles. The summed E-state index contributed by atoms with van der Waals surface area (Å²) < 4.78 is 0. The Morgan fingerprint density at radius 3 is 2.43 bits per heavy atom. The molecule has 1 aliphatic rings. The average molecular weight is 326 g/mol. The van der Waals surface area contributed by atoms with Crippen molar-refractivity contribution in [3.63, 3.8) is 0 Å². The summed E-state index contributed by atoms with van der Waals surface area (Å²) in [6.07, 6.45) is 3.30. The minimum absolute atomic E-state index is 0.0131. The molecule has 7 nitrogen and oxygen atoms in total. The molecule has 132 valence electrons. The molecule has 0 saturated heterocycles. The smallest absolute Gasteiger partial charge is 0.239 e. The van der Waals surface area contributed by atoms with Gasteiger partial charge in [0.05, 0.1) is 12.6 Å². The summed E-state index contributed by atoms with van der Waals surface area (Å²) in [5.41, 5.74) is 5.72. The molecule has 0 bridgehead atoms. The Morgan fingerprint density at radius 2 is 1.87 bits per heavy atom. The van der Waals surface area contributed by atoms with E-state index < -0.39 is 6.04 Å². The minimum atomic E-state index is -0.612. The Bertz CT molecular complexity index is 437. The summed E-state index contributed by atoms with van der Waals surface area (Å²) in [4.78, 5) is 37.3. The van der Waals surface area contributed by atoms with E-state index in [2.05, 4.69) is 10.6 Å². The van der Waals surface area contributed by atoms with Crippen LogP contribution in [0.1, 0.15) is 39.5 Å². The van der Waals surface area contributed by atoms with Crippen LogP contribution in [0.5, 0.6) is 0 Å². The third-order valence-electron chi connectivity index (χ3n) is 4.27. The van der Waals surface area contributed by atoms with E-state index in [1.54, 1.807) is 19.0 Å². The van der Waals surface area contributed by atoms with Crippen LogP contribution in [0.25, 0.3) is 0 Å². The van der Waals surface area contributed by atoms with Crippen molar-refractivity contribution < 1.29 is 14.4 Å². The van der Waals surface area contributed by atoms with Crippen molar-refractivity contribution in [2.45, 2.75) is 51.6 Å². The van der Waals surface area contributed by atoms with Gasteiger partial charge in [-0.05, 0) is 25.2 Å². The maximum atomic E-state index is 12.0. The molecular formula is C16H30N4O3. The van der Waals surface area contributed by atoms with Crippen LogP contribution in [0.15, 0.2) is 0 Å². The van der Waals surface area contributed by atoms with Crippen LogP contribution in [0.3, 0.4) is 0 Å². The lowest BCUT2D eigenvalue weighted by Crippen LogP contribution is -2.49. The van der Waals surface area contributed by atoms with Crippen LogP contribution in [-0.2, 0) is 14.4 Å². The van der Waals surface area contributed by atoms with Crippen molar-refractivity contribution >= 4 is 17.7 Å². The van der Waals surface area contributed by atoms with Gasteiger partial charge in [-0.15, -0.1) is 0 Å². The number of nitrogens with zero attached hydrogens (tertiary/aromatic N) is 1. The van der Waals surface area contributed by atoms with Gasteiger partial charge in [-0.1, -0.05) is 20.3 Å². The highest BCUT2D eigenvalue weighted by Crippen LogP contribution is 2.25. The Hall–Kier alpha value is -1.63. The maximum Gasteiger partial charge on any atom is 0.239 e. The highest BCUT2D eigenvalue weighted by molar-refractivity contribution is 5.87. The lowest BCUT2D eigenvalue weighted by atomic mass is 9.85. The van der Waals surface area contributed by atoms with Crippen molar-refractivity contribution in [2.75, 3.05) is 20.6 Å². The topological polar surface area (TPSA) is 105 Å². The van der Waals surface area contributed by atoms with Crippen LogP contribution in [0.4, 0.5) is 0 Å². The molecule has 0 aliphatic heterocycles. The number of carbonyl (C=O) groups is 3. The number of rotatable bonds is 6. The van der Waals surface area contributed by atoms with Gasteiger partial charge in [0.2, 0.25) is 17.7 Å². The molecular weight excluding hydrogens is 296 g/mol. The predicted molar refractivity (Wildman–Crippen MR) is 88.4 cm³/mol. The SMILES string of the molecule is CC(C)[C@H](N)C(=O)NCC(=O)NC1CCCC(C(=O)N(C)C)C1. The first-order chi connectivity index (χ1) is 10.7. The van der Waals surface area contributed by atoms with Crippen molar-refractivity contribution in [3.05, 3.63) is 0 Å². The van der Waals surface area contributed by atoms with E-state index in [1.165, 1.54) is 0 Å². The summed E-state index contributed by atoms with van der Waals surface area (Å²) in [5, 5.41) is 5.46. The predicted octanol–water partition coefficient (Wildman–Crippen LogP) is -0.151. The first-order valence-electron chi connectivity index (χ1n) is 8.26. The van der Waals surface area contributed by atoms with E-state index >= 15 is 0 Å². The van der Waals surface area contributed by atoms with Crippen molar-refractivity contribution in [2.24, 2.45) is 17.6 Å². The molecule has 1 saturated carbocycles. The van der Waals surface area contributed by atoms with E-state index in [0.29, 0.717) is 6.42 Å². The van der Waals surface area contributed by atoms with Crippen LogP contribution in [0, 0.1) is 11.8 Å². The molecule has 3 atom stereocenters. The van der Waals surface area contributed by atoms with E-state index in [-0.39, 0.29) is 42.1 Å². The second kappa shape index (κ2) is 8.86. The van der Waals surface area contributed by atoms with Gasteiger partial charge in [0.1, 0.15) is 0 Å². The lowest BCUT2D eigenvalue weighted by Gasteiger charge is -2.30. The van der Waals surface area contributed by atoms with Crippen LogP contribution in [-0.4, -0.2) is 55.3 Å². The van der Waals surface area contributed by atoms with Gasteiger partial charge in [0.25, 0.3) is 0 Å². The van der Waals surface area contributed by atoms with Gasteiger partial charge >= 0.3 is 0 Å². The molecule has 1 fully saturated rings. The van der Waals surface area contributed by atoms with Crippen molar-refractivity contribution in [3.8, 4) is 0 Å². The van der Waals surface area contributed by atoms with Gasteiger partial charge in [-0.2, -0.15) is 0 Å². The fourth-order valence-corrected chi connectivity index (χ4v) is 2.78. The summed E-state index contributed by atoms with van der Waals surface area (Å²) in [5.74, 6) is -0.459. The fourth-order valence-electron chi connectivity index (χ4n) is 2.78. The Labute approximate surface area is 138 Å². The van der Waals surface area contributed by atoms with Crippen LogP contribution < -0.4 is 16.4 Å². The zero-order valence-corrected chi connectivity index (χ0v) is 14.6. The summed E-state index contributed by atoms with van der Waals surface area (Å²) >= 11 is 0. The molecule has 1 rings (SSSR count). The minimum Gasteiger partial charge on any atom is -0.352 e. The summed E-state index contributed by atoms with van der Waals surface area (Å²) in [6.45, 7) is 3.63. The normalized spacial score (nSPS) is 22.3. The molecule has 2 unspecified atom stereocenters. The van der Waals surface area contributed by atoms with Crippen molar-refractivity contribution in [1.82, 2.24) is 15.5 Å². The molecule has 0 aromatic carbocycles. The molecule has 0 spiro atoms. The standard InChI is InChI=1S/C16H30N4O3/c1-10(2)14(17)15(22)18-9-13(21)19-12-7-5-6-11(8-12)16(23)20(3)4/h10-12,14H,5-9,17H2,1-4H3,(H,18,22)(H,19,21)/t11?,12?,14-/m0/s1. The molecule has 3 amide bonds. The lowest BCUT2D eigenvalue weighted by molar-refractivity contribution is -0.134. The van der Waals surface area contributed by atoms with E-state index in [4.69, 9.17) is 5.73 Å².